The Labute approximate surface area is 130 Å². The molecule has 0 bridgehead atoms. The first-order chi connectivity index (χ1) is 9.91. The lowest BCUT2D eigenvalue weighted by atomic mass is 10.1. The van der Waals surface area contributed by atoms with Crippen molar-refractivity contribution in [3.8, 4) is 6.07 Å². The lowest BCUT2D eigenvalue weighted by molar-refractivity contribution is 0.600. The number of nitrogens with two attached hydrogens (primary N) is 1. The predicted octanol–water partition coefficient (Wildman–Crippen LogP) is 2.24. The van der Waals surface area contributed by atoms with Crippen LogP contribution in [0.3, 0.4) is 0 Å². The quantitative estimate of drug-likeness (QED) is 0.862. The van der Waals surface area contributed by atoms with Gasteiger partial charge >= 0.3 is 0 Å². The van der Waals surface area contributed by atoms with Crippen LogP contribution < -0.4 is 10.5 Å². The highest BCUT2D eigenvalue weighted by atomic mass is 79.9. The molecule has 2 rings (SSSR count). The molecule has 3 N–H and O–H groups in total. The van der Waals surface area contributed by atoms with E-state index in [1.165, 1.54) is 6.20 Å². The van der Waals surface area contributed by atoms with Crippen molar-refractivity contribution in [2.75, 3.05) is 10.5 Å². The molecule has 0 aliphatic carbocycles. The second-order valence-electron chi connectivity index (χ2n) is 4.23. The van der Waals surface area contributed by atoms with Crippen molar-refractivity contribution in [3.63, 3.8) is 0 Å². The van der Waals surface area contributed by atoms with Crippen LogP contribution in [0.4, 0.5) is 11.5 Å². The number of pyridine rings is 1. The van der Waals surface area contributed by atoms with Crippen LogP contribution in [-0.2, 0) is 15.8 Å². The van der Waals surface area contributed by atoms with Crippen LogP contribution in [0.2, 0.25) is 0 Å². The number of halogens is 1. The molecule has 2 aromatic rings. The first-order valence-electron chi connectivity index (χ1n) is 5.81. The van der Waals surface area contributed by atoms with E-state index in [9.17, 15) is 8.42 Å². The molecule has 0 spiro atoms. The van der Waals surface area contributed by atoms with Gasteiger partial charge in [0.25, 0.3) is 0 Å². The number of rotatable bonds is 4. The lowest BCUT2D eigenvalue weighted by Crippen LogP contribution is -2.17. The zero-order valence-corrected chi connectivity index (χ0v) is 13.1. The van der Waals surface area contributed by atoms with Crippen LogP contribution in [0.25, 0.3) is 0 Å². The molecule has 21 heavy (non-hydrogen) atoms. The minimum absolute atomic E-state index is 0.152. The summed E-state index contributed by atoms with van der Waals surface area (Å²) in [6.45, 7) is 0. The molecule has 0 saturated heterocycles. The van der Waals surface area contributed by atoms with Crippen molar-refractivity contribution >= 4 is 37.5 Å². The van der Waals surface area contributed by atoms with Gasteiger partial charge in [-0.1, -0.05) is 18.2 Å². The highest BCUT2D eigenvalue weighted by molar-refractivity contribution is 9.10. The first-order valence-corrected chi connectivity index (χ1v) is 8.25. The average Bonchev–Trinajstić information content (AvgIpc) is 2.42. The maximum Gasteiger partial charge on any atom is 0.238 e. The Morgan fingerprint density at radius 2 is 2.10 bits per heavy atom. The van der Waals surface area contributed by atoms with E-state index < -0.39 is 10.0 Å². The SMILES string of the molecule is N#Cc1ccccc1CS(=O)(=O)Nc1ncc(N)cc1Br. The maximum atomic E-state index is 12.2. The largest absolute Gasteiger partial charge is 0.397 e. The number of hydrogen-bond donors (Lipinski definition) is 2. The van der Waals surface area contributed by atoms with E-state index in [4.69, 9.17) is 11.0 Å². The molecule has 0 amide bonds. The third kappa shape index (κ3) is 3.93. The van der Waals surface area contributed by atoms with Crippen molar-refractivity contribution in [1.29, 1.82) is 5.26 Å². The molecule has 1 aromatic heterocycles. The Morgan fingerprint density at radius 1 is 1.38 bits per heavy atom. The normalized spacial score (nSPS) is 10.9. The zero-order valence-electron chi connectivity index (χ0n) is 10.7. The molecule has 1 aromatic carbocycles. The summed E-state index contributed by atoms with van der Waals surface area (Å²) in [6, 6.07) is 10.1. The summed E-state index contributed by atoms with van der Waals surface area (Å²) >= 11 is 3.19. The van der Waals surface area contributed by atoms with Gasteiger partial charge in [-0.2, -0.15) is 5.26 Å². The molecule has 0 atom stereocenters. The Hall–Kier alpha value is -2.11. The summed E-state index contributed by atoms with van der Waals surface area (Å²) in [6.07, 6.45) is 1.35. The lowest BCUT2D eigenvalue weighted by Gasteiger charge is -2.10. The highest BCUT2D eigenvalue weighted by Crippen LogP contribution is 2.23. The van der Waals surface area contributed by atoms with Crippen LogP contribution in [-0.4, -0.2) is 13.4 Å². The van der Waals surface area contributed by atoms with Crippen molar-refractivity contribution < 1.29 is 8.42 Å². The number of hydrogen-bond acceptors (Lipinski definition) is 5. The van der Waals surface area contributed by atoms with Gasteiger partial charge in [-0.3, -0.25) is 4.72 Å². The molecule has 0 aliphatic heterocycles. The Balaban J connectivity index is 2.25. The van der Waals surface area contributed by atoms with Gasteiger partial charge in [0.2, 0.25) is 10.0 Å². The van der Waals surface area contributed by atoms with Gasteiger partial charge in [-0.15, -0.1) is 0 Å². The van der Waals surface area contributed by atoms with Gasteiger partial charge in [0.15, 0.2) is 5.82 Å². The van der Waals surface area contributed by atoms with E-state index in [0.717, 1.165) is 0 Å². The summed E-state index contributed by atoms with van der Waals surface area (Å²) in [5.41, 5.74) is 6.72. The van der Waals surface area contributed by atoms with Crippen molar-refractivity contribution in [2.45, 2.75) is 5.75 Å². The Bertz CT molecular complexity index is 815. The number of aromatic nitrogens is 1. The van der Waals surface area contributed by atoms with Crippen molar-refractivity contribution in [1.82, 2.24) is 4.98 Å². The Kier molecular flexibility index (Phi) is 4.45. The molecule has 8 heteroatoms. The minimum Gasteiger partial charge on any atom is -0.397 e. The minimum atomic E-state index is -3.69. The fraction of sp³-hybridized carbons (Fsp3) is 0.0769. The van der Waals surface area contributed by atoms with E-state index in [1.54, 1.807) is 30.3 Å². The number of nitrogens with one attached hydrogen (secondary N) is 1. The molecule has 0 radical (unpaired) electrons. The van der Waals surface area contributed by atoms with E-state index in [2.05, 4.69) is 25.6 Å². The highest BCUT2D eigenvalue weighted by Gasteiger charge is 2.16. The van der Waals surface area contributed by atoms with E-state index in [0.29, 0.717) is 21.3 Å². The fourth-order valence-electron chi connectivity index (χ4n) is 1.67. The summed E-state index contributed by atoms with van der Waals surface area (Å²) in [5, 5.41) is 8.98. The van der Waals surface area contributed by atoms with Crippen LogP contribution >= 0.6 is 15.9 Å². The third-order valence-electron chi connectivity index (χ3n) is 2.60. The maximum absolute atomic E-state index is 12.2. The number of nitriles is 1. The van der Waals surface area contributed by atoms with Crippen LogP contribution in [0.15, 0.2) is 41.0 Å². The van der Waals surface area contributed by atoms with Crippen LogP contribution in [0.1, 0.15) is 11.1 Å². The van der Waals surface area contributed by atoms with Crippen molar-refractivity contribution in [3.05, 3.63) is 52.1 Å². The fourth-order valence-corrected chi connectivity index (χ4v) is 3.46. The number of nitrogens with zero attached hydrogens (tertiary/aromatic N) is 2. The van der Waals surface area contributed by atoms with Gasteiger partial charge < -0.3 is 5.73 Å². The molecule has 6 nitrogen and oxygen atoms in total. The standard InChI is InChI=1S/C13H11BrN4O2S/c14-12-5-11(16)7-17-13(12)18-21(19,20)8-10-4-2-1-3-9(10)6-15/h1-5,7H,8,16H2,(H,17,18). The number of benzene rings is 1. The van der Waals surface area contributed by atoms with Gasteiger partial charge in [0.1, 0.15) is 0 Å². The summed E-state index contributed by atoms with van der Waals surface area (Å²) in [5.74, 6) is -0.159. The molecular weight excluding hydrogens is 356 g/mol. The zero-order chi connectivity index (χ0) is 15.5. The van der Waals surface area contributed by atoms with Gasteiger partial charge in [0.05, 0.1) is 33.7 Å². The molecular formula is C13H11BrN4O2S. The number of anilines is 2. The topological polar surface area (TPSA) is 109 Å². The average molecular weight is 367 g/mol. The number of sulfonamides is 1. The molecule has 0 unspecified atom stereocenters. The Morgan fingerprint density at radius 3 is 2.76 bits per heavy atom. The number of nitrogen functional groups attached to an aromatic ring is 1. The van der Waals surface area contributed by atoms with Gasteiger partial charge in [0, 0.05) is 0 Å². The summed E-state index contributed by atoms with van der Waals surface area (Å²) in [4.78, 5) is 3.92. The molecule has 1 heterocycles. The molecule has 108 valence electrons. The smallest absolute Gasteiger partial charge is 0.238 e. The summed E-state index contributed by atoms with van der Waals surface area (Å²) < 4.78 is 27.1. The van der Waals surface area contributed by atoms with E-state index in [1.807, 2.05) is 6.07 Å². The van der Waals surface area contributed by atoms with Gasteiger partial charge in [-0.05, 0) is 33.6 Å². The second kappa shape index (κ2) is 6.11. The monoisotopic (exact) mass is 366 g/mol. The first kappa shape index (κ1) is 15.3. The third-order valence-corrected chi connectivity index (χ3v) is 4.40. The molecule has 0 saturated carbocycles. The molecule has 0 fully saturated rings. The van der Waals surface area contributed by atoms with E-state index in [-0.39, 0.29) is 11.6 Å². The second-order valence-corrected chi connectivity index (χ2v) is 6.81. The van der Waals surface area contributed by atoms with E-state index >= 15 is 0 Å². The van der Waals surface area contributed by atoms with Crippen LogP contribution in [0.5, 0.6) is 0 Å². The summed E-state index contributed by atoms with van der Waals surface area (Å²) in [7, 11) is -3.69. The van der Waals surface area contributed by atoms with Crippen LogP contribution in [0, 0.1) is 11.3 Å². The van der Waals surface area contributed by atoms with Crippen molar-refractivity contribution in [2.24, 2.45) is 0 Å². The predicted molar refractivity (Wildman–Crippen MR) is 83.8 cm³/mol. The molecule has 0 aliphatic rings. The van der Waals surface area contributed by atoms with Gasteiger partial charge in [-0.25, -0.2) is 13.4 Å².